The van der Waals surface area contributed by atoms with Crippen molar-refractivity contribution in [1.82, 2.24) is 14.5 Å². The molecule has 1 N–H and O–H groups in total. The van der Waals surface area contributed by atoms with Gasteiger partial charge in [-0.05, 0) is 64.8 Å². The first-order chi connectivity index (χ1) is 16.0. The molecule has 0 aliphatic rings. The molecule has 0 saturated carbocycles. The summed E-state index contributed by atoms with van der Waals surface area (Å²) in [5.74, 6) is -1.06. The number of carbonyl (C=O) groups is 1. The number of aromatic nitrogens is 3. The number of halogens is 1. The summed E-state index contributed by atoms with van der Waals surface area (Å²) in [5.41, 5.74) is 5.65. The fourth-order valence-electron chi connectivity index (χ4n) is 4.29. The summed E-state index contributed by atoms with van der Waals surface area (Å²) in [4.78, 5) is 21.6. The van der Waals surface area contributed by atoms with E-state index in [0.29, 0.717) is 22.8 Å². The van der Waals surface area contributed by atoms with Gasteiger partial charge in [-0.15, -0.1) is 0 Å². The average Bonchev–Trinajstić information content (AvgIpc) is 3.34. The van der Waals surface area contributed by atoms with Crippen molar-refractivity contribution in [3.05, 3.63) is 70.2 Å². The number of pyridine rings is 1. The Hall–Kier alpha value is -3.16. The molecule has 178 valence electrons. The molecular formula is C26H28ClN3O4. The van der Waals surface area contributed by atoms with Crippen LogP contribution in [-0.2, 0) is 16.1 Å². The van der Waals surface area contributed by atoms with Crippen molar-refractivity contribution in [3.8, 4) is 11.1 Å². The molecule has 7 nitrogen and oxygen atoms in total. The lowest BCUT2D eigenvalue weighted by molar-refractivity contribution is -0.160. The normalized spacial score (nSPS) is 12.9. The summed E-state index contributed by atoms with van der Waals surface area (Å²) in [7, 11) is 0. The molecule has 3 heterocycles. The fraction of sp³-hybridized carbons (Fsp3) is 0.346. The van der Waals surface area contributed by atoms with Gasteiger partial charge in [-0.1, -0.05) is 23.7 Å². The number of carboxylic acids is 1. The number of aliphatic carboxylic acids is 1. The van der Waals surface area contributed by atoms with Crippen molar-refractivity contribution >= 4 is 28.6 Å². The molecule has 3 aromatic heterocycles. The van der Waals surface area contributed by atoms with Gasteiger partial charge in [-0.3, -0.25) is 0 Å². The maximum absolute atomic E-state index is 12.5. The summed E-state index contributed by atoms with van der Waals surface area (Å²) in [6, 6.07) is 7.41. The molecule has 0 fully saturated rings. The molecule has 4 rings (SSSR count). The Labute approximate surface area is 203 Å². The van der Waals surface area contributed by atoms with Crippen molar-refractivity contribution in [2.45, 2.75) is 59.8 Å². The number of nitrogens with zero attached hydrogens (tertiary/aromatic N) is 3. The Kier molecular flexibility index (Phi) is 6.27. The molecule has 0 bridgehead atoms. The van der Waals surface area contributed by atoms with E-state index >= 15 is 0 Å². The zero-order chi connectivity index (χ0) is 24.8. The van der Waals surface area contributed by atoms with Crippen LogP contribution < -0.4 is 0 Å². The first-order valence-electron chi connectivity index (χ1n) is 11.0. The second kappa shape index (κ2) is 8.89. The minimum absolute atomic E-state index is 0.485. The zero-order valence-corrected chi connectivity index (χ0v) is 20.9. The number of ether oxygens (including phenoxy) is 1. The smallest absolute Gasteiger partial charge is 0.337 e. The Morgan fingerprint density at radius 1 is 1.21 bits per heavy atom. The summed E-state index contributed by atoms with van der Waals surface area (Å²) in [5, 5.41) is 11.7. The maximum atomic E-state index is 12.5. The maximum Gasteiger partial charge on any atom is 0.337 e. The van der Waals surface area contributed by atoms with Crippen LogP contribution >= 0.6 is 11.6 Å². The molecule has 4 aromatic rings. The summed E-state index contributed by atoms with van der Waals surface area (Å²) in [6.45, 7) is 11.9. The van der Waals surface area contributed by atoms with Crippen LogP contribution in [-0.4, -0.2) is 31.2 Å². The van der Waals surface area contributed by atoms with E-state index < -0.39 is 17.7 Å². The topological polar surface area (TPSA) is 90.4 Å². The van der Waals surface area contributed by atoms with E-state index in [9.17, 15) is 9.90 Å². The Bertz CT molecular complexity index is 1350. The highest BCUT2D eigenvalue weighted by Crippen LogP contribution is 2.42. The largest absolute Gasteiger partial charge is 0.479 e. The van der Waals surface area contributed by atoms with Crippen molar-refractivity contribution in [1.29, 1.82) is 0 Å². The van der Waals surface area contributed by atoms with Crippen molar-refractivity contribution in [2.24, 2.45) is 0 Å². The zero-order valence-electron chi connectivity index (χ0n) is 20.1. The molecular weight excluding hydrogens is 454 g/mol. The number of hydrogen-bond acceptors (Lipinski definition) is 5. The standard InChI is InChI=1S/C26H28ClN3O4/c1-14-16(3)30(11-19-12-33-13-28-19)24-20(14)22(17-7-9-18(27)10-8-17)21(15(2)29-24)23(25(31)32)34-26(4,5)6/h7-10,12-13,23H,11H2,1-6H3,(H,31,32)/t23-/m0/s1. The quantitative estimate of drug-likeness (QED) is 0.349. The molecule has 34 heavy (non-hydrogen) atoms. The van der Waals surface area contributed by atoms with E-state index in [0.717, 1.165) is 39.1 Å². The number of carboxylic acid groups (broad SMARTS) is 1. The molecule has 0 radical (unpaired) electrons. The van der Waals surface area contributed by atoms with Gasteiger partial charge in [0.1, 0.15) is 11.9 Å². The van der Waals surface area contributed by atoms with Crippen LogP contribution in [0.25, 0.3) is 22.2 Å². The molecule has 0 unspecified atom stereocenters. The highest BCUT2D eigenvalue weighted by atomic mass is 35.5. The lowest BCUT2D eigenvalue weighted by Crippen LogP contribution is -2.28. The van der Waals surface area contributed by atoms with Crippen LogP contribution in [0.3, 0.4) is 0 Å². The van der Waals surface area contributed by atoms with E-state index in [1.165, 1.54) is 6.39 Å². The first kappa shape index (κ1) is 24.0. The number of rotatable bonds is 6. The van der Waals surface area contributed by atoms with Crippen molar-refractivity contribution in [3.63, 3.8) is 0 Å². The molecule has 0 saturated heterocycles. The van der Waals surface area contributed by atoms with Crippen molar-refractivity contribution in [2.75, 3.05) is 0 Å². The van der Waals surface area contributed by atoms with Gasteiger partial charge < -0.3 is 18.8 Å². The average molecular weight is 482 g/mol. The van der Waals surface area contributed by atoms with E-state index in [4.69, 9.17) is 25.7 Å². The van der Waals surface area contributed by atoms with Crippen LogP contribution in [0.1, 0.15) is 55.1 Å². The summed E-state index contributed by atoms with van der Waals surface area (Å²) in [6.07, 6.45) is 1.82. The molecule has 1 atom stereocenters. The predicted octanol–water partition coefficient (Wildman–Crippen LogP) is 6.26. The van der Waals surface area contributed by atoms with Gasteiger partial charge in [-0.2, -0.15) is 0 Å². The van der Waals surface area contributed by atoms with Crippen molar-refractivity contribution < 1.29 is 19.1 Å². The first-order valence-corrected chi connectivity index (χ1v) is 11.4. The van der Waals surface area contributed by atoms with Gasteiger partial charge in [0.2, 0.25) is 0 Å². The van der Waals surface area contributed by atoms with Gasteiger partial charge in [0.05, 0.1) is 17.8 Å². The summed E-state index contributed by atoms with van der Waals surface area (Å²) >= 11 is 6.18. The van der Waals surface area contributed by atoms with Gasteiger partial charge >= 0.3 is 5.97 Å². The van der Waals surface area contributed by atoms with E-state index in [1.54, 1.807) is 18.4 Å². The Morgan fingerprint density at radius 3 is 2.44 bits per heavy atom. The van der Waals surface area contributed by atoms with Gasteiger partial charge in [0.15, 0.2) is 12.5 Å². The third-order valence-corrected chi connectivity index (χ3v) is 6.13. The lowest BCUT2D eigenvalue weighted by atomic mass is 9.91. The fourth-order valence-corrected chi connectivity index (χ4v) is 4.42. The number of hydrogen-bond donors (Lipinski definition) is 1. The number of benzene rings is 1. The monoisotopic (exact) mass is 481 g/mol. The second-order valence-electron chi connectivity index (χ2n) is 9.42. The van der Waals surface area contributed by atoms with Gasteiger partial charge in [-0.25, -0.2) is 14.8 Å². The number of aryl methyl sites for hydroxylation is 2. The van der Waals surface area contributed by atoms with E-state index in [2.05, 4.69) is 9.55 Å². The molecule has 0 amide bonds. The van der Waals surface area contributed by atoms with Crippen LogP contribution in [0.4, 0.5) is 0 Å². The third kappa shape index (κ3) is 4.45. The van der Waals surface area contributed by atoms with Crippen LogP contribution in [0.5, 0.6) is 0 Å². The highest BCUT2D eigenvalue weighted by Gasteiger charge is 2.33. The number of fused-ring (bicyclic) bond motifs is 1. The van der Waals surface area contributed by atoms with Crippen LogP contribution in [0, 0.1) is 20.8 Å². The Morgan fingerprint density at radius 2 is 1.88 bits per heavy atom. The molecule has 8 heteroatoms. The van der Waals surface area contributed by atoms with Crippen LogP contribution in [0.2, 0.25) is 5.02 Å². The Balaban J connectivity index is 2.09. The SMILES string of the molecule is Cc1nc2c(c(C)c(C)n2Cc2cocn2)c(-c2ccc(Cl)cc2)c1[C@H](OC(C)(C)C)C(=O)O. The predicted molar refractivity (Wildman–Crippen MR) is 131 cm³/mol. The molecule has 0 spiro atoms. The lowest BCUT2D eigenvalue weighted by Gasteiger charge is -2.28. The van der Waals surface area contributed by atoms with E-state index in [1.807, 2.05) is 53.7 Å². The molecule has 1 aromatic carbocycles. The van der Waals surface area contributed by atoms with E-state index in [-0.39, 0.29) is 0 Å². The number of oxazole rings is 1. The highest BCUT2D eigenvalue weighted by molar-refractivity contribution is 6.30. The minimum atomic E-state index is -1.19. The molecule has 0 aliphatic carbocycles. The summed E-state index contributed by atoms with van der Waals surface area (Å²) < 4.78 is 13.3. The minimum Gasteiger partial charge on any atom is -0.479 e. The molecule has 0 aliphatic heterocycles. The third-order valence-electron chi connectivity index (χ3n) is 5.88. The van der Waals surface area contributed by atoms with Gasteiger partial charge in [0.25, 0.3) is 0 Å². The van der Waals surface area contributed by atoms with Crippen LogP contribution in [0.15, 0.2) is 41.3 Å². The second-order valence-corrected chi connectivity index (χ2v) is 9.85. The van der Waals surface area contributed by atoms with Gasteiger partial charge in [0, 0.05) is 32.9 Å².